The fraction of sp³-hybridized carbons (Fsp3) is 0.611. The van der Waals surface area contributed by atoms with Crippen LogP contribution in [0.1, 0.15) is 37.7 Å². The summed E-state index contributed by atoms with van der Waals surface area (Å²) in [5, 5.41) is 25.2. The van der Waals surface area contributed by atoms with E-state index in [2.05, 4.69) is 25.8 Å². The van der Waals surface area contributed by atoms with Crippen LogP contribution in [0.25, 0.3) is 0 Å². The average Bonchev–Trinajstić information content (AvgIpc) is 3.29. The number of nitrogens with zero attached hydrogens (tertiary/aromatic N) is 4. The van der Waals surface area contributed by atoms with Crippen molar-refractivity contribution in [2.45, 2.75) is 39.3 Å². The van der Waals surface area contributed by atoms with Crippen LogP contribution in [0.2, 0.25) is 0 Å². The van der Waals surface area contributed by atoms with Gasteiger partial charge in [0.05, 0.1) is 12.8 Å². The highest BCUT2D eigenvalue weighted by Crippen LogP contribution is 2.19. The summed E-state index contributed by atoms with van der Waals surface area (Å²) in [7, 11) is 1.91. The predicted molar refractivity (Wildman–Crippen MR) is 102 cm³/mol. The van der Waals surface area contributed by atoms with Gasteiger partial charge in [-0.25, -0.2) is 4.99 Å². The van der Waals surface area contributed by atoms with E-state index in [1.54, 1.807) is 25.3 Å². The number of rotatable bonds is 10. The number of aliphatic hydroxyl groups is 1. The first kappa shape index (κ1) is 20.9. The topological polar surface area (TPSA) is 110 Å². The van der Waals surface area contributed by atoms with Crippen LogP contribution < -0.4 is 10.6 Å². The lowest BCUT2D eigenvalue weighted by atomic mass is 10.0. The second-order valence-electron chi connectivity index (χ2n) is 6.47. The van der Waals surface area contributed by atoms with Crippen LogP contribution in [0, 0.1) is 6.92 Å². The molecule has 0 spiro atoms. The van der Waals surface area contributed by atoms with Crippen LogP contribution in [0.4, 0.5) is 0 Å². The summed E-state index contributed by atoms with van der Waals surface area (Å²) in [6.45, 7) is 8.27. The maximum Gasteiger partial charge on any atom is 0.191 e. The molecular weight excluding hydrogens is 348 g/mol. The zero-order valence-electron chi connectivity index (χ0n) is 16.5. The molecule has 0 fully saturated rings. The van der Waals surface area contributed by atoms with Gasteiger partial charge < -0.3 is 29.5 Å². The molecule has 0 saturated carbocycles. The van der Waals surface area contributed by atoms with Gasteiger partial charge in [0.25, 0.3) is 0 Å². The van der Waals surface area contributed by atoms with E-state index < -0.39 is 5.60 Å². The number of aryl methyl sites for hydroxylation is 1. The fourth-order valence-electron chi connectivity index (χ4n) is 2.37. The number of hydrogen-bond acceptors (Lipinski definition) is 6. The Labute approximate surface area is 159 Å². The molecule has 1 atom stereocenters. The van der Waals surface area contributed by atoms with Crippen LogP contribution in [-0.4, -0.2) is 52.1 Å². The summed E-state index contributed by atoms with van der Waals surface area (Å²) in [5.74, 6) is 2.68. The van der Waals surface area contributed by atoms with Crippen molar-refractivity contribution in [2.24, 2.45) is 12.0 Å². The van der Waals surface area contributed by atoms with E-state index in [9.17, 15) is 5.11 Å². The van der Waals surface area contributed by atoms with E-state index in [0.29, 0.717) is 38.0 Å². The summed E-state index contributed by atoms with van der Waals surface area (Å²) in [6, 6.07) is 3.50. The number of furan rings is 1. The average molecular weight is 378 g/mol. The lowest BCUT2D eigenvalue weighted by molar-refractivity contribution is 0.0385. The molecule has 0 aliphatic rings. The van der Waals surface area contributed by atoms with E-state index in [1.165, 1.54) is 0 Å². The zero-order chi connectivity index (χ0) is 19.7. The lowest BCUT2D eigenvalue weighted by Gasteiger charge is -2.23. The van der Waals surface area contributed by atoms with Gasteiger partial charge in [-0.2, -0.15) is 0 Å². The van der Waals surface area contributed by atoms with E-state index in [0.717, 1.165) is 18.1 Å². The maximum atomic E-state index is 10.6. The van der Waals surface area contributed by atoms with Crippen molar-refractivity contribution in [3.05, 3.63) is 35.8 Å². The molecule has 0 radical (unpaired) electrons. The van der Waals surface area contributed by atoms with Gasteiger partial charge in [0.2, 0.25) is 0 Å². The minimum Gasteiger partial charge on any atom is -0.466 e. The van der Waals surface area contributed by atoms with Crippen molar-refractivity contribution in [2.75, 3.05) is 26.3 Å². The van der Waals surface area contributed by atoms with Crippen molar-refractivity contribution in [1.29, 1.82) is 0 Å². The van der Waals surface area contributed by atoms with Crippen molar-refractivity contribution in [3.8, 4) is 0 Å². The summed E-state index contributed by atoms with van der Waals surface area (Å²) < 4.78 is 12.6. The SMILES string of the molecule is CCOCCCNC(=NCc1nnc(C)n1C)NCC(C)(O)c1ccco1. The number of guanidine groups is 1. The van der Waals surface area contributed by atoms with E-state index in [1.807, 2.05) is 25.5 Å². The van der Waals surface area contributed by atoms with E-state index in [4.69, 9.17) is 9.15 Å². The fourth-order valence-corrected chi connectivity index (χ4v) is 2.37. The molecule has 0 amide bonds. The van der Waals surface area contributed by atoms with Crippen LogP contribution >= 0.6 is 0 Å². The third-order valence-electron chi connectivity index (χ3n) is 4.18. The highest BCUT2D eigenvalue weighted by molar-refractivity contribution is 5.79. The molecule has 150 valence electrons. The van der Waals surface area contributed by atoms with Gasteiger partial charge in [-0.15, -0.1) is 10.2 Å². The minimum absolute atomic E-state index is 0.246. The Morgan fingerprint density at radius 2 is 2.22 bits per heavy atom. The second kappa shape index (κ2) is 10.1. The number of aromatic nitrogens is 3. The molecule has 27 heavy (non-hydrogen) atoms. The van der Waals surface area contributed by atoms with Gasteiger partial charge in [-0.3, -0.25) is 0 Å². The Bertz CT molecular complexity index is 709. The first-order valence-corrected chi connectivity index (χ1v) is 9.15. The van der Waals surface area contributed by atoms with Gasteiger partial charge in [0.15, 0.2) is 11.8 Å². The van der Waals surface area contributed by atoms with Crippen molar-refractivity contribution < 1.29 is 14.3 Å². The minimum atomic E-state index is -1.15. The molecule has 0 aliphatic heterocycles. The smallest absolute Gasteiger partial charge is 0.191 e. The van der Waals surface area contributed by atoms with Gasteiger partial charge in [0.1, 0.15) is 23.7 Å². The molecule has 3 N–H and O–H groups in total. The van der Waals surface area contributed by atoms with E-state index >= 15 is 0 Å². The molecule has 0 aliphatic carbocycles. The van der Waals surface area contributed by atoms with Crippen molar-refractivity contribution in [1.82, 2.24) is 25.4 Å². The van der Waals surface area contributed by atoms with E-state index in [-0.39, 0.29) is 6.54 Å². The highest BCUT2D eigenvalue weighted by atomic mass is 16.5. The van der Waals surface area contributed by atoms with Crippen molar-refractivity contribution >= 4 is 5.96 Å². The molecule has 0 saturated heterocycles. The predicted octanol–water partition coefficient (Wildman–Crippen LogP) is 1.09. The number of hydrogen-bond donors (Lipinski definition) is 3. The molecule has 2 rings (SSSR count). The Kier molecular flexibility index (Phi) is 7.81. The summed E-state index contributed by atoms with van der Waals surface area (Å²) in [5.41, 5.74) is -1.15. The Morgan fingerprint density at radius 1 is 1.41 bits per heavy atom. The largest absolute Gasteiger partial charge is 0.466 e. The first-order valence-electron chi connectivity index (χ1n) is 9.15. The third-order valence-corrected chi connectivity index (χ3v) is 4.18. The Hall–Kier alpha value is -2.39. The third kappa shape index (κ3) is 6.37. The van der Waals surface area contributed by atoms with Gasteiger partial charge in [-0.1, -0.05) is 0 Å². The standard InChI is InChI=1S/C18H30N6O3/c1-5-26-10-7-9-19-17(20-12-16-23-22-14(2)24(16)4)21-13-18(3,25)15-8-6-11-27-15/h6,8,11,25H,5,7,9-10,12-13H2,1-4H3,(H2,19,20,21). The van der Waals surface area contributed by atoms with Crippen molar-refractivity contribution in [3.63, 3.8) is 0 Å². The maximum absolute atomic E-state index is 10.6. The molecule has 0 aromatic carbocycles. The highest BCUT2D eigenvalue weighted by Gasteiger charge is 2.26. The first-order chi connectivity index (χ1) is 12.9. The molecule has 9 heteroatoms. The second-order valence-corrected chi connectivity index (χ2v) is 6.47. The monoisotopic (exact) mass is 378 g/mol. The molecule has 2 aromatic heterocycles. The number of ether oxygens (including phenoxy) is 1. The van der Waals surface area contributed by atoms with Crippen LogP contribution in [0.5, 0.6) is 0 Å². The quantitative estimate of drug-likeness (QED) is 0.322. The van der Waals surface area contributed by atoms with Crippen LogP contribution in [0.3, 0.4) is 0 Å². The summed E-state index contributed by atoms with van der Waals surface area (Å²) in [4.78, 5) is 4.56. The summed E-state index contributed by atoms with van der Waals surface area (Å²) >= 11 is 0. The van der Waals surface area contributed by atoms with Gasteiger partial charge in [-0.05, 0) is 39.3 Å². The zero-order valence-corrected chi connectivity index (χ0v) is 16.5. The normalized spacial score (nSPS) is 14.2. The van der Waals surface area contributed by atoms with Gasteiger partial charge in [0, 0.05) is 26.8 Å². The molecule has 9 nitrogen and oxygen atoms in total. The van der Waals surface area contributed by atoms with Crippen LogP contribution in [-0.2, 0) is 23.9 Å². The molecule has 2 heterocycles. The molecular formula is C18H30N6O3. The summed E-state index contributed by atoms with van der Waals surface area (Å²) in [6.07, 6.45) is 2.40. The van der Waals surface area contributed by atoms with Gasteiger partial charge >= 0.3 is 0 Å². The van der Waals surface area contributed by atoms with Crippen LogP contribution in [0.15, 0.2) is 27.8 Å². The lowest BCUT2D eigenvalue weighted by Crippen LogP contribution is -2.45. The Balaban J connectivity index is 1.97. The molecule has 0 bridgehead atoms. The molecule has 2 aromatic rings. The number of aliphatic imine (C=N–C) groups is 1. The molecule has 1 unspecified atom stereocenters. The Morgan fingerprint density at radius 3 is 2.85 bits per heavy atom. The number of nitrogens with one attached hydrogen (secondary N) is 2.